The van der Waals surface area contributed by atoms with Crippen LogP contribution in [0.15, 0.2) is 30.5 Å². The van der Waals surface area contributed by atoms with Crippen molar-refractivity contribution in [2.75, 3.05) is 18.9 Å². The lowest BCUT2D eigenvalue weighted by Crippen LogP contribution is -2.43. The van der Waals surface area contributed by atoms with E-state index in [9.17, 15) is 9.59 Å². The minimum absolute atomic E-state index is 0.0926. The van der Waals surface area contributed by atoms with E-state index >= 15 is 0 Å². The second-order valence-electron chi connectivity index (χ2n) is 6.20. The molecule has 26 heavy (non-hydrogen) atoms. The van der Waals surface area contributed by atoms with Crippen LogP contribution >= 0.6 is 0 Å². The Bertz CT molecular complexity index is 767. The third-order valence-electron chi connectivity index (χ3n) is 4.33. The Morgan fingerprint density at radius 1 is 1.31 bits per heavy atom. The molecule has 1 aromatic carbocycles. The molecule has 0 radical (unpaired) electrons. The summed E-state index contributed by atoms with van der Waals surface area (Å²) in [6, 6.07) is 7.57. The quantitative estimate of drug-likeness (QED) is 0.493. The highest BCUT2D eigenvalue weighted by molar-refractivity contribution is 5.85. The van der Waals surface area contributed by atoms with E-state index in [2.05, 4.69) is 21.1 Å². The van der Waals surface area contributed by atoms with Crippen LogP contribution < -0.4 is 16.5 Å². The summed E-state index contributed by atoms with van der Waals surface area (Å²) in [5.41, 5.74) is 10.3. The van der Waals surface area contributed by atoms with Gasteiger partial charge in [0.05, 0.1) is 25.4 Å². The van der Waals surface area contributed by atoms with Gasteiger partial charge in [-0.1, -0.05) is 17.3 Å². The maximum atomic E-state index is 12.0. The lowest BCUT2D eigenvalue weighted by molar-refractivity contribution is -0.136. The average molecular weight is 358 g/mol. The van der Waals surface area contributed by atoms with E-state index in [-0.39, 0.29) is 30.3 Å². The number of hydroxylamine groups is 1. The Kier molecular flexibility index (Phi) is 5.47. The normalized spacial score (nSPS) is 18.8. The summed E-state index contributed by atoms with van der Waals surface area (Å²) >= 11 is 0. The number of hydrogen-bond donors (Lipinski definition) is 3. The molecule has 1 saturated carbocycles. The van der Waals surface area contributed by atoms with Gasteiger partial charge in [-0.25, -0.2) is 10.2 Å². The molecule has 0 bridgehead atoms. The second kappa shape index (κ2) is 7.96. The number of carbonyl (C=O) groups excluding carboxylic acids is 2. The number of rotatable bonds is 7. The van der Waals surface area contributed by atoms with Crippen molar-refractivity contribution in [2.45, 2.75) is 25.8 Å². The summed E-state index contributed by atoms with van der Waals surface area (Å²) in [7, 11) is 0. The van der Waals surface area contributed by atoms with Crippen molar-refractivity contribution in [1.82, 2.24) is 25.8 Å². The van der Waals surface area contributed by atoms with Crippen LogP contribution in [0, 0.1) is 5.92 Å². The number of nitrogens with zero attached hydrogens (tertiary/aromatic N) is 3. The molecule has 2 amide bonds. The van der Waals surface area contributed by atoms with Crippen molar-refractivity contribution in [3.05, 3.63) is 30.5 Å². The molecule has 2 aromatic rings. The number of benzene rings is 1. The van der Waals surface area contributed by atoms with Crippen LogP contribution in [0.2, 0.25) is 0 Å². The molecule has 4 N–H and O–H groups in total. The number of nitrogens with one attached hydrogen (secondary N) is 2. The molecule has 1 aliphatic carbocycles. The third-order valence-corrected chi connectivity index (χ3v) is 4.33. The monoisotopic (exact) mass is 358 g/mol. The number of carbonyl (C=O) groups is 2. The fourth-order valence-electron chi connectivity index (χ4n) is 2.76. The van der Waals surface area contributed by atoms with Crippen molar-refractivity contribution >= 4 is 17.5 Å². The zero-order valence-electron chi connectivity index (χ0n) is 14.5. The van der Waals surface area contributed by atoms with Crippen molar-refractivity contribution in [1.29, 1.82) is 0 Å². The number of anilines is 1. The highest BCUT2D eigenvalue weighted by Crippen LogP contribution is 2.37. The Balaban J connectivity index is 1.47. The van der Waals surface area contributed by atoms with Crippen molar-refractivity contribution in [2.24, 2.45) is 5.92 Å². The lowest BCUT2D eigenvalue weighted by atomic mass is 9.79. The largest absolute Gasteiger partial charge is 0.399 e. The van der Waals surface area contributed by atoms with Crippen LogP contribution in [0.1, 0.15) is 25.8 Å². The van der Waals surface area contributed by atoms with E-state index in [1.165, 1.54) is 0 Å². The highest BCUT2D eigenvalue weighted by Gasteiger charge is 2.36. The first-order valence-electron chi connectivity index (χ1n) is 8.53. The average Bonchev–Trinajstić information content (AvgIpc) is 3.07. The molecule has 1 aromatic heterocycles. The zero-order valence-corrected chi connectivity index (χ0v) is 14.5. The molecule has 1 fully saturated rings. The van der Waals surface area contributed by atoms with E-state index in [0.29, 0.717) is 25.1 Å². The Labute approximate surface area is 150 Å². The molecule has 9 nitrogen and oxygen atoms in total. The maximum absolute atomic E-state index is 12.0. The first-order valence-corrected chi connectivity index (χ1v) is 8.53. The van der Waals surface area contributed by atoms with Crippen LogP contribution in [-0.4, -0.2) is 40.0 Å². The van der Waals surface area contributed by atoms with Crippen LogP contribution in [0.25, 0.3) is 11.3 Å². The predicted molar refractivity (Wildman–Crippen MR) is 94.4 cm³/mol. The van der Waals surface area contributed by atoms with Crippen molar-refractivity contribution in [3.63, 3.8) is 0 Å². The highest BCUT2D eigenvalue weighted by atomic mass is 16.6. The number of amides is 2. The molecule has 0 aliphatic heterocycles. The molecule has 0 unspecified atom stereocenters. The van der Waals surface area contributed by atoms with Gasteiger partial charge in [0.15, 0.2) is 0 Å². The minimum atomic E-state index is -0.375. The van der Waals surface area contributed by atoms with Gasteiger partial charge in [0.2, 0.25) is 5.91 Å². The van der Waals surface area contributed by atoms with Gasteiger partial charge in [-0.05, 0) is 31.9 Å². The number of aromatic nitrogens is 3. The minimum Gasteiger partial charge on any atom is -0.399 e. The molecular weight excluding hydrogens is 336 g/mol. The second-order valence-corrected chi connectivity index (χ2v) is 6.20. The lowest BCUT2D eigenvalue weighted by Gasteiger charge is -2.33. The number of hydrogen-bond acceptors (Lipinski definition) is 6. The predicted octanol–water partition coefficient (Wildman–Crippen LogP) is 0.662. The van der Waals surface area contributed by atoms with Gasteiger partial charge in [0.1, 0.15) is 5.69 Å². The van der Waals surface area contributed by atoms with E-state index < -0.39 is 0 Å². The van der Waals surface area contributed by atoms with Crippen LogP contribution in [0.4, 0.5) is 5.69 Å². The molecular formula is C17H22N6O3. The van der Waals surface area contributed by atoms with Gasteiger partial charge in [0.25, 0.3) is 5.91 Å². The van der Waals surface area contributed by atoms with Crippen molar-refractivity contribution in [3.8, 4) is 11.3 Å². The Morgan fingerprint density at radius 2 is 2.04 bits per heavy atom. The van der Waals surface area contributed by atoms with Crippen LogP contribution in [0.5, 0.6) is 0 Å². The number of nitrogen functional groups attached to an aromatic ring is 1. The van der Waals surface area contributed by atoms with E-state index in [0.717, 1.165) is 11.3 Å². The van der Waals surface area contributed by atoms with E-state index in [1.54, 1.807) is 11.6 Å². The SMILES string of the molecule is CCONC(=O)CNC(=O)C1CC(n2cc(-c3ccc(N)cc3)nn2)C1. The fraction of sp³-hybridized carbons (Fsp3) is 0.412. The Morgan fingerprint density at radius 3 is 2.73 bits per heavy atom. The fourth-order valence-corrected chi connectivity index (χ4v) is 2.76. The third kappa shape index (κ3) is 4.17. The van der Waals surface area contributed by atoms with Gasteiger partial charge in [-0.15, -0.1) is 5.10 Å². The first kappa shape index (κ1) is 17.9. The summed E-state index contributed by atoms with van der Waals surface area (Å²) in [6.45, 7) is 2.04. The summed E-state index contributed by atoms with van der Waals surface area (Å²) in [5.74, 6) is -0.628. The smallest absolute Gasteiger partial charge is 0.262 e. The maximum Gasteiger partial charge on any atom is 0.262 e. The molecule has 138 valence electrons. The molecule has 0 atom stereocenters. The summed E-state index contributed by atoms with van der Waals surface area (Å²) in [5, 5.41) is 11.0. The molecule has 3 rings (SSSR count). The van der Waals surface area contributed by atoms with Gasteiger partial charge in [-0.2, -0.15) is 0 Å². The number of nitrogens with two attached hydrogens (primary N) is 1. The summed E-state index contributed by atoms with van der Waals surface area (Å²) in [4.78, 5) is 28.2. The van der Waals surface area contributed by atoms with E-state index in [4.69, 9.17) is 10.6 Å². The van der Waals surface area contributed by atoms with Gasteiger partial charge < -0.3 is 11.1 Å². The van der Waals surface area contributed by atoms with Crippen LogP contribution in [0.3, 0.4) is 0 Å². The topological polar surface area (TPSA) is 124 Å². The summed E-state index contributed by atoms with van der Waals surface area (Å²) in [6.07, 6.45) is 3.22. The van der Waals surface area contributed by atoms with Crippen LogP contribution in [-0.2, 0) is 14.4 Å². The molecule has 1 aliphatic rings. The van der Waals surface area contributed by atoms with Gasteiger partial charge in [-0.3, -0.25) is 14.4 Å². The standard InChI is InChI=1S/C17H22N6O3/c1-2-26-21-16(24)9-19-17(25)12-7-14(8-12)23-10-15(20-22-23)11-3-5-13(18)6-4-11/h3-6,10,12,14H,2,7-9,18H2,1H3,(H,19,25)(H,21,24). The summed E-state index contributed by atoms with van der Waals surface area (Å²) < 4.78 is 1.79. The van der Waals surface area contributed by atoms with E-state index in [1.807, 2.05) is 30.5 Å². The Hall–Kier alpha value is -2.94. The first-order chi connectivity index (χ1) is 12.6. The molecule has 0 saturated heterocycles. The zero-order chi connectivity index (χ0) is 18.5. The molecule has 0 spiro atoms. The molecule has 1 heterocycles. The molecule has 9 heteroatoms. The van der Waals surface area contributed by atoms with Crippen molar-refractivity contribution < 1.29 is 14.4 Å². The van der Waals surface area contributed by atoms with Gasteiger partial charge >= 0.3 is 0 Å². The van der Waals surface area contributed by atoms with Gasteiger partial charge in [0, 0.05) is 17.2 Å².